The van der Waals surface area contributed by atoms with E-state index in [0.717, 1.165) is 25.8 Å². The van der Waals surface area contributed by atoms with Crippen molar-refractivity contribution in [2.45, 2.75) is 52.2 Å². The summed E-state index contributed by atoms with van der Waals surface area (Å²) >= 11 is 0. The molecule has 8 heteroatoms. The third-order valence-corrected chi connectivity index (χ3v) is 4.60. The van der Waals surface area contributed by atoms with E-state index in [2.05, 4.69) is 5.32 Å². The van der Waals surface area contributed by atoms with E-state index in [1.807, 2.05) is 4.72 Å². The van der Waals surface area contributed by atoms with Crippen LogP contribution in [0.5, 0.6) is 0 Å². The molecule has 0 saturated carbocycles. The van der Waals surface area contributed by atoms with Crippen LogP contribution in [0, 0.1) is 0 Å². The van der Waals surface area contributed by atoms with E-state index in [-0.39, 0.29) is 12.1 Å². The minimum absolute atomic E-state index is 0.140. The van der Waals surface area contributed by atoms with Crippen LogP contribution in [-0.4, -0.2) is 50.6 Å². The van der Waals surface area contributed by atoms with Crippen LogP contribution in [0.25, 0.3) is 0 Å². The van der Waals surface area contributed by atoms with E-state index in [1.165, 1.54) is 4.31 Å². The zero-order valence-electron chi connectivity index (χ0n) is 12.4. The minimum Gasteiger partial charge on any atom is -0.446 e. The first kappa shape index (κ1) is 17.2. The maximum Gasteiger partial charge on any atom is 0.422 e. The molecule has 0 spiro atoms. The molecular formula is C12H25N3O4S. The van der Waals surface area contributed by atoms with E-state index in [9.17, 15) is 13.2 Å². The number of piperidine rings is 1. The molecule has 118 valence electrons. The maximum absolute atomic E-state index is 12.1. The van der Waals surface area contributed by atoms with Crippen LogP contribution in [0.4, 0.5) is 4.79 Å². The number of hydrogen-bond acceptors (Lipinski definition) is 5. The summed E-state index contributed by atoms with van der Waals surface area (Å²) in [5.74, 6) is 0. The molecule has 1 aliphatic rings. The Kier molecular flexibility index (Phi) is 6.70. The molecule has 1 unspecified atom stereocenters. The number of nitrogens with one attached hydrogen (secondary N) is 2. The van der Waals surface area contributed by atoms with E-state index in [0.29, 0.717) is 13.1 Å². The standard InChI is InChI=1S/C12H25N3O4S/c1-4-15(9-11-7-5-6-8-13-11)20(17,18)14-12(16)19-10(2)3/h10-11,13H,4-9H2,1-3H3,(H,14,16). The molecular weight excluding hydrogens is 282 g/mol. The molecule has 1 fully saturated rings. The van der Waals surface area contributed by atoms with Gasteiger partial charge in [-0.25, -0.2) is 9.52 Å². The lowest BCUT2D eigenvalue weighted by Crippen LogP contribution is -2.50. The van der Waals surface area contributed by atoms with Gasteiger partial charge in [-0.15, -0.1) is 0 Å². The third-order valence-electron chi connectivity index (χ3n) is 3.08. The fourth-order valence-corrected chi connectivity index (χ4v) is 3.23. The van der Waals surface area contributed by atoms with Crippen molar-refractivity contribution in [3.8, 4) is 0 Å². The van der Waals surface area contributed by atoms with Gasteiger partial charge in [0, 0.05) is 19.1 Å². The van der Waals surface area contributed by atoms with Crippen LogP contribution >= 0.6 is 0 Å². The monoisotopic (exact) mass is 307 g/mol. The van der Waals surface area contributed by atoms with Gasteiger partial charge in [-0.2, -0.15) is 12.7 Å². The Bertz CT molecular complexity index is 405. The first-order chi connectivity index (χ1) is 9.35. The van der Waals surface area contributed by atoms with Gasteiger partial charge in [-0.1, -0.05) is 13.3 Å². The van der Waals surface area contributed by atoms with Gasteiger partial charge in [-0.3, -0.25) is 0 Å². The van der Waals surface area contributed by atoms with Crippen molar-refractivity contribution in [1.82, 2.24) is 14.3 Å². The van der Waals surface area contributed by atoms with Crippen molar-refractivity contribution in [3.05, 3.63) is 0 Å². The van der Waals surface area contributed by atoms with Crippen molar-refractivity contribution >= 4 is 16.3 Å². The number of hydrogen-bond donors (Lipinski definition) is 2. The number of carbonyl (C=O) groups excluding carboxylic acids is 1. The van der Waals surface area contributed by atoms with Crippen LogP contribution < -0.4 is 10.0 Å². The molecule has 0 bridgehead atoms. The number of ether oxygens (including phenoxy) is 1. The second-order valence-electron chi connectivity index (χ2n) is 5.16. The molecule has 0 aliphatic carbocycles. The zero-order chi connectivity index (χ0) is 15.2. The van der Waals surface area contributed by atoms with Gasteiger partial charge in [0.05, 0.1) is 6.10 Å². The Hall–Kier alpha value is -0.860. The average molecular weight is 307 g/mol. The fourth-order valence-electron chi connectivity index (χ4n) is 2.13. The molecule has 1 atom stereocenters. The van der Waals surface area contributed by atoms with Crippen molar-refractivity contribution < 1.29 is 17.9 Å². The lowest BCUT2D eigenvalue weighted by molar-refractivity contribution is 0.121. The summed E-state index contributed by atoms with van der Waals surface area (Å²) in [5.41, 5.74) is 0. The minimum atomic E-state index is -3.85. The van der Waals surface area contributed by atoms with Crippen LogP contribution in [0.1, 0.15) is 40.0 Å². The van der Waals surface area contributed by atoms with Gasteiger partial charge in [0.2, 0.25) is 0 Å². The van der Waals surface area contributed by atoms with Crippen molar-refractivity contribution in [2.75, 3.05) is 19.6 Å². The van der Waals surface area contributed by atoms with E-state index in [1.54, 1.807) is 20.8 Å². The molecule has 1 saturated heterocycles. The van der Waals surface area contributed by atoms with Gasteiger partial charge in [0.25, 0.3) is 0 Å². The van der Waals surface area contributed by atoms with E-state index >= 15 is 0 Å². The SMILES string of the molecule is CCN(CC1CCCCN1)S(=O)(=O)NC(=O)OC(C)C. The highest BCUT2D eigenvalue weighted by Gasteiger charge is 2.27. The number of amides is 1. The molecule has 0 radical (unpaired) electrons. The van der Waals surface area contributed by atoms with E-state index in [4.69, 9.17) is 4.74 Å². The molecule has 2 N–H and O–H groups in total. The van der Waals surface area contributed by atoms with Crippen molar-refractivity contribution in [1.29, 1.82) is 0 Å². The highest BCUT2D eigenvalue weighted by atomic mass is 32.2. The molecule has 0 aromatic heterocycles. The molecule has 20 heavy (non-hydrogen) atoms. The average Bonchev–Trinajstić information content (AvgIpc) is 2.35. The fraction of sp³-hybridized carbons (Fsp3) is 0.917. The summed E-state index contributed by atoms with van der Waals surface area (Å²) in [6, 6.07) is 0.140. The Morgan fingerprint density at radius 1 is 1.45 bits per heavy atom. The van der Waals surface area contributed by atoms with Crippen molar-refractivity contribution in [2.24, 2.45) is 0 Å². The summed E-state index contributed by atoms with van der Waals surface area (Å²) in [7, 11) is -3.85. The second-order valence-corrected chi connectivity index (χ2v) is 6.83. The number of nitrogens with zero attached hydrogens (tertiary/aromatic N) is 1. The lowest BCUT2D eigenvalue weighted by Gasteiger charge is -2.29. The molecule has 0 aromatic carbocycles. The summed E-state index contributed by atoms with van der Waals surface area (Å²) in [4.78, 5) is 11.4. The quantitative estimate of drug-likeness (QED) is 0.759. The van der Waals surface area contributed by atoms with Gasteiger partial charge < -0.3 is 10.1 Å². The number of likely N-dealkylation sites (N-methyl/N-ethyl adjacent to an activating group) is 1. The first-order valence-corrected chi connectivity index (χ1v) is 8.51. The van der Waals surface area contributed by atoms with Crippen molar-refractivity contribution in [3.63, 3.8) is 0 Å². The normalized spacial score (nSPS) is 20.1. The van der Waals surface area contributed by atoms with Gasteiger partial charge in [0.15, 0.2) is 0 Å². The second kappa shape index (κ2) is 7.80. The first-order valence-electron chi connectivity index (χ1n) is 7.07. The molecule has 7 nitrogen and oxygen atoms in total. The predicted molar refractivity (Wildman–Crippen MR) is 76.6 cm³/mol. The van der Waals surface area contributed by atoms with Crippen LogP contribution in [-0.2, 0) is 14.9 Å². The smallest absolute Gasteiger partial charge is 0.422 e. The highest BCUT2D eigenvalue weighted by molar-refractivity contribution is 7.87. The van der Waals surface area contributed by atoms with Crippen LogP contribution in [0.3, 0.4) is 0 Å². The van der Waals surface area contributed by atoms with Gasteiger partial charge in [0.1, 0.15) is 0 Å². The topological polar surface area (TPSA) is 87.7 Å². The van der Waals surface area contributed by atoms with Crippen LogP contribution in [0.2, 0.25) is 0 Å². The molecule has 1 rings (SSSR count). The summed E-state index contributed by atoms with van der Waals surface area (Å²) in [6.07, 6.45) is 1.87. The Morgan fingerprint density at radius 2 is 2.15 bits per heavy atom. The molecule has 1 aliphatic heterocycles. The Morgan fingerprint density at radius 3 is 2.65 bits per heavy atom. The molecule has 1 heterocycles. The van der Waals surface area contributed by atoms with Gasteiger partial charge in [-0.05, 0) is 33.2 Å². The summed E-state index contributed by atoms with van der Waals surface area (Å²) in [5, 5.41) is 3.29. The maximum atomic E-state index is 12.1. The Balaban J connectivity index is 2.59. The summed E-state index contributed by atoms with van der Waals surface area (Å²) < 4.78 is 32.2. The number of rotatable bonds is 6. The summed E-state index contributed by atoms with van der Waals surface area (Å²) in [6.45, 7) is 6.65. The van der Waals surface area contributed by atoms with Gasteiger partial charge >= 0.3 is 16.3 Å². The Labute approximate surface area is 121 Å². The van der Waals surface area contributed by atoms with Crippen LogP contribution in [0.15, 0.2) is 0 Å². The van der Waals surface area contributed by atoms with E-state index < -0.39 is 16.3 Å². The predicted octanol–water partition coefficient (Wildman–Crippen LogP) is 0.830. The largest absolute Gasteiger partial charge is 0.446 e. The third kappa shape index (κ3) is 5.64. The lowest BCUT2D eigenvalue weighted by atomic mass is 10.1. The highest BCUT2D eigenvalue weighted by Crippen LogP contribution is 2.10. The molecule has 1 amide bonds. The number of carbonyl (C=O) groups is 1. The molecule has 0 aromatic rings. The zero-order valence-corrected chi connectivity index (χ0v) is 13.2.